The van der Waals surface area contributed by atoms with Crippen LogP contribution in [0.1, 0.15) is 6.92 Å². The minimum absolute atomic E-state index is 0. The molecule has 108 valence electrons. The SMILES string of the molecule is CCN1CCN(c2nc3ccccc3nc2Cl)CC1.Cl. The van der Waals surface area contributed by atoms with Crippen LogP contribution >= 0.6 is 24.0 Å². The Kier molecular flexibility index (Phi) is 5.02. The average Bonchev–Trinajstić information content (AvgIpc) is 2.47. The lowest BCUT2D eigenvalue weighted by atomic mass is 10.3. The Morgan fingerprint density at radius 1 is 1.05 bits per heavy atom. The maximum absolute atomic E-state index is 6.28. The molecule has 0 saturated carbocycles. The van der Waals surface area contributed by atoms with Gasteiger partial charge in [0.2, 0.25) is 0 Å². The van der Waals surface area contributed by atoms with Gasteiger partial charge in [0.1, 0.15) is 0 Å². The molecule has 1 saturated heterocycles. The number of aromatic nitrogens is 2. The maximum atomic E-state index is 6.28. The third-order valence-corrected chi connectivity index (χ3v) is 3.88. The molecule has 3 rings (SSSR count). The third kappa shape index (κ3) is 2.97. The van der Waals surface area contributed by atoms with E-state index >= 15 is 0 Å². The van der Waals surface area contributed by atoms with Crippen LogP contribution in [0.2, 0.25) is 5.15 Å². The van der Waals surface area contributed by atoms with E-state index in [-0.39, 0.29) is 12.4 Å². The number of rotatable bonds is 2. The van der Waals surface area contributed by atoms with Crippen molar-refractivity contribution in [3.63, 3.8) is 0 Å². The maximum Gasteiger partial charge on any atom is 0.172 e. The van der Waals surface area contributed by atoms with E-state index < -0.39 is 0 Å². The van der Waals surface area contributed by atoms with Crippen molar-refractivity contribution in [2.24, 2.45) is 0 Å². The Morgan fingerprint density at radius 2 is 1.65 bits per heavy atom. The van der Waals surface area contributed by atoms with E-state index in [9.17, 15) is 0 Å². The van der Waals surface area contributed by atoms with Crippen LogP contribution in [0, 0.1) is 0 Å². The first-order chi connectivity index (χ1) is 9.28. The van der Waals surface area contributed by atoms with Gasteiger partial charge in [-0.3, -0.25) is 0 Å². The fourth-order valence-corrected chi connectivity index (χ4v) is 2.70. The summed E-state index contributed by atoms with van der Waals surface area (Å²) in [5.41, 5.74) is 1.75. The highest BCUT2D eigenvalue weighted by atomic mass is 35.5. The average molecular weight is 313 g/mol. The largest absolute Gasteiger partial charge is 0.351 e. The molecule has 0 spiro atoms. The van der Waals surface area contributed by atoms with Crippen molar-refractivity contribution in [2.45, 2.75) is 6.92 Å². The van der Waals surface area contributed by atoms with E-state index in [1.54, 1.807) is 0 Å². The normalized spacial score (nSPS) is 16.2. The molecule has 0 unspecified atom stereocenters. The molecule has 0 atom stereocenters. The quantitative estimate of drug-likeness (QED) is 0.853. The van der Waals surface area contributed by atoms with E-state index in [4.69, 9.17) is 11.6 Å². The smallest absolute Gasteiger partial charge is 0.172 e. The molecule has 0 N–H and O–H groups in total. The van der Waals surface area contributed by atoms with Gasteiger partial charge < -0.3 is 9.80 Å². The topological polar surface area (TPSA) is 32.3 Å². The molecule has 1 aromatic carbocycles. The molecule has 0 aliphatic carbocycles. The fraction of sp³-hybridized carbons (Fsp3) is 0.429. The van der Waals surface area contributed by atoms with Gasteiger partial charge in [-0.1, -0.05) is 30.7 Å². The van der Waals surface area contributed by atoms with Crippen LogP contribution in [-0.4, -0.2) is 47.6 Å². The standard InChI is InChI=1S/C14H17ClN4.ClH/c1-2-18-7-9-19(10-8-18)14-13(15)16-11-5-3-4-6-12(11)17-14;/h3-6H,2,7-10H2,1H3;1H. The number of nitrogens with zero attached hydrogens (tertiary/aromatic N) is 4. The number of likely N-dealkylation sites (N-methyl/N-ethyl adjacent to an activating group) is 1. The summed E-state index contributed by atoms with van der Waals surface area (Å²) >= 11 is 6.28. The van der Waals surface area contributed by atoms with Crippen LogP contribution in [0.25, 0.3) is 11.0 Å². The van der Waals surface area contributed by atoms with Crippen LogP contribution < -0.4 is 4.90 Å². The van der Waals surface area contributed by atoms with Crippen molar-refractivity contribution < 1.29 is 0 Å². The summed E-state index contributed by atoms with van der Waals surface area (Å²) in [7, 11) is 0. The molecule has 0 radical (unpaired) electrons. The van der Waals surface area contributed by atoms with Crippen molar-refractivity contribution in [2.75, 3.05) is 37.6 Å². The Labute approximate surface area is 130 Å². The molecular weight excluding hydrogens is 295 g/mol. The van der Waals surface area contributed by atoms with Crippen LogP contribution in [-0.2, 0) is 0 Å². The van der Waals surface area contributed by atoms with Gasteiger partial charge >= 0.3 is 0 Å². The lowest BCUT2D eigenvalue weighted by Crippen LogP contribution is -2.46. The molecule has 1 fully saturated rings. The number of halogens is 2. The predicted molar refractivity (Wildman–Crippen MR) is 86.1 cm³/mol. The Morgan fingerprint density at radius 3 is 2.25 bits per heavy atom. The lowest BCUT2D eigenvalue weighted by Gasteiger charge is -2.34. The van der Waals surface area contributed by atoms with E-state index in [1.807, 2.05) is 24.3 Å². The van der Waals surface area contributed by atoms with E-state index in [2.05, 4.69) is 26.7 Å². The number of anilines is 1. The highest BCUT2D eigenvalue weighted by Crippen LogP contribution is 2.25. The van der Waals surface area contributed by atoms with Gasteiger partial charge in [0.15, 0.2) is 11.0 Å². The zero-order valence-electron chi connectivity index (χ0n) is 11.4. The predicted octanol–water partition coefficient (Wildman–Crippen LogP) is 2.85. The summed E-state index contributed by atoms with van der Waals surface area (Å²) in [6, 6.07) is 7.84. The zero-order valence-corrected chi connectivity index (χ0v) is 13.0. The number of benzene rings is 1. The van der Waals surface area contributed by atoms with Gasteiger partial charge in [-0.25, -0.2) is 9.97 Å². The van der Waals surface area contributed by atoms with E-state index in [0.717, 1.165) is 49.6 Å². The fourth-order valence-electron chi connectivity index (χ4n) is 2.45. The van der Waals surface area contributed by atoms with E-state index in [0.29, 0.717) is 5.15 Å². The van der Waals surface area contributed by atoms with Crippen molar-refractivity contribution in [3.05, 3.63) is 29.4 Å². The number of hydrogen-bond acceptors (Lipinski definition) is 4. The summed E-state index contributed by atoms with van der Waals surface area (Å²) < 4.78 is 0. The van der Waals surface area contributed by atoms with Gasteiger partial charge in [-0.2, -0.15) is 0 Å². The Hall–Kier alpha value is -1.10. The van der Waals surface area contributed by atoms with Crippen LogP contribution in [0.15, 0.2) is 24.3 Å². The van der Waals surface area contributed by atoms with Crippen LogP contribution in [0.4, 0.5) is 5.82 Å². The summed E-state index contributed by atoms with van der Waals surface area (Å²) in [4.78, 5) is 13.8. The van der Waals surface area contributed by atoms with Crippen LogP contribution in [0.5, 0.6) is 0 Å². The van der Waals surface area contributed by atoms with E-state index in [1.165, 1.54) is 0 Å². The summed E-state index contributed by atoms with van der Waals surface area (Å²) in [5.74, 6) is 0.816. The summed E-state index contributed by atoms with van der Waals surface area (Å²) in [6.45, 7) is 7.33. The Balaban J connectivity index is 0.00000147. The number of piperazine rings is 1. The molecular formula is C14H18Cl2N4. The van der Waals surface area contributed by atoms with Gasteiger partial charge in [-0.05, 0) is 18.7 Å². The monoisotopic (exact) mass is 312 g/mol. The number of hydrogen-bond donors (Lipinski definition) is 0. The van der Waals surface area contributed by atoms with Gasteiger partial charge in [0, 0.05) is 26.2 Å². The van der Waals surface area contributed by atoms with Crippen molar-refractivity contribution in [3.8, 4) is 0 Å². The van der Waals surface area contributed by atoms with Gasteiger partial charge in [-0.15, -0.1) is 12.4 Å². The number of para-hydroxylation sites is 2. The first-order valence-electron chi connectivity index (χ1n) is 6.67. The summed E-state index contributed by atoms with van der Waals surface area (Å²) in [5, 5.41) is 0.503. The third-order valence-electron chi connectivity index (χ3n) is 3.63. The number of fused-ring (bicyclic) bond motifs is 1. The van der Waals surface area contributed by atoms with Crippen molar-refractivity contribution in [1.29, 1.82) is 0 Å². The Bertz CT molecular complexity index is 582. The molecule has 20 heavy (non-hydrogen) atoms. The second-order valence-corrected chi connectivity index (χ2v) is 5.11. The molecule has 2 heterocycles. The second kappa shape index (κ2) is 6.57. The zero-order chi connectivity index (χ0) is 13.2. The highest BCUT2D eigenvalue weighted by molar-refractivity contribution is 6.32. The minimum Gasteiger partial charge on any atom is -0.351 e. The van der Waals surface area contributed by atoms with Crippen molar-refractivity contribution in [1.82, 2.24) is 14.9 Å². The first-order valence-corrected chi connectivity index (χ1v) is 7.05. The first kappa shape index (κ1) is 15.3. The molecule has 2 aromatic rings. The summed E-state index contributed by atoms with van der Waals surface area (Å²) in [6.07, 6.45) is 0. The molecule has 1 aromatic heterocycles. The molecule has 1 aliphatic rings. The second-order valence-electron chi connectivity index (χ2n) is 4.75. The molecule has 6 heteroatoms. The highest BCUT2D eigenvalue weighted by Gasteiger charge is 2.20. The van der Waals surface area contributed by atoms with Gasteiger partial charge in [0.05, 0.1) is 11.0 Å². The molecule has 4 nitrogen and oxygen atoms in total. The molecule has 1 aliphatic heterocycles. The molecule has 0 bridgehead atoms. The van der Waals surface area contributed by atoms with Crippen molar-refractivity contribution >= 4 is 40.9 Å². The van der Waals surface area contributed by atoms with Crippen LogP contribution in [0.3, 0.4) is 0 Å². The lowest BCUT2D eigenvalue weighted by molar-refractivity contribution is 0.270. The minimum atomic E-state index is 0. The van der Waals surface area contributed by atoms with Gasteiger partial charge in [0.25, 0.3) is 0 Å². The molecule has 0 amide bonds.